The minimum atomic E-state index is -0.823. The Morgan fingerprint density at radius 3 is 1.96 bits per heavy atom. The van der Waals surface area contributed by atoms with Gasteiger partial charge in [-0.25, -0.2) is 9.59 Å². The van der Waals surface area contributed by atoms with Crippen molar-refractivity contribution in [1.82, 2.24) is 5.32 Å². The van der Waals surface area contributed by atoms with Crippen molar-refractivity contribution in [3.8, 4) is 0 Å². The quantitative estimate of drug-likeness (QED) is 0.759. The molecule has 0 bridgehead atoms. The summed E-state index contributed by atoms with van der Waals surface area (Å²) in [6, 6.07) is 18.0. The van der Waals surface area contributed by atoms with Crippen LogP contribution in [-0.2, 0) is 27.3 Å². The van der Waals surface area contributed by atoms with Crippen molar-refractivity contribution in [1.29, 1.82) is 0 Å². The lowest BCUT2D eigenvalue weighted by Crippen LogP contribution is -2.45. The topological polar surface area (TPSA) is 64.6 Å². The highest BCUT2D eigenvalue weighted by Gasteiger charge is 2.26. The molecular weight excluding hydrogens is 362 g/mol. The maximum Gasteiger partial charge on any atom is 0.408 e. The average molecular weight is 390 g/mol. The van der Waals surface area contributed by atoms with Gasteiger partial charge in [-0.2, -0.15) is 13.5 Å². The third-order valence-corrected chi connectivity index (χ3v) is 3.48. The van der Waals surface area contributed by atoms with Gasteiger partial charge in [0.2, 0.25) is 0 Å². The van der Waals surface area contributed by atoms with Gasteiger partial charge in [-0.05, 0) is 31.9 Å². The molecule has 0 unspecified atom stereocenters. The summed E-state index contributed by atoms with van der Waals surface area (Å²) in [6.45, 7) is 5.46. The molecule has 0 heterocycles. The SMILES string of the molecule is CC(C)(C)OC(=O)N[C@@H](Cc1ccccc1)C(=O)OCc1ccccc1.S. The molecule has 0 saturated heterocycles. The van der Waals surface area contributed by atoms with Gasteiger partial charge in [-0.15, -0.1) is 0 Å². The summed E-state index contributed by atoms with van der Waals surface area (Å²) in [5, 5.41) is 2.62. The number of hydrogen-bond acceptors (Lipinski definition) is 4. The maximum atomic E-state index is 12.5. The van der Waals surface area contributed by atoms with E-state index in [0.717, 1.165) is 11.1 Å². The highest BCUT2D eigenvalue weighted by atomic mass is 32.1. The number of hydrogen-bond donors (Lipinski definition) is 1. The van der Waals surface area contributed by atoms with Crippen molar-refractivity contribution in [2.45, 2.75) is 45.4 Å². The van der Waals surface area contributed by atoms with E-state index in [4.69, 9.17) is 9.47 Å². The Morgan fingerprint density at radius 2 is 1.44 bits per heavy atom. The first-order valence-electron chi connectivity index (χ1n) is 8.57. The second kappa shape index (κ2) is 10.6. The maximum absolute atomic E-state index is 12.5. The Morgan fingerprint density at radius 1 is 0.926 bits per heavy atom. The van der Waals surface area contributed by atoms with Gasteiger partial charge in [0.25, 0.3) is 0 Å². The normalized spacial score (nSPS) is 11.7. The van der Waals surface area contributed by atoms with E-state index in [9.17, 15) is 9.59 Å². The van der Waals surface area contributed by atoms with Gasteiger partial charge in [0.05, 0.1) is 0 Å². The Balaban J connectivity index is 0.00000364. The molecular formula is C21H27NO4S. The second-order valence-corrected chi connectivity index (χ2v) is 6.98. The first-order valence-corrected chi connectivity index (χ1v) is 8.57. The molecule has 1 atom stereocenters. The first-order chi connectivity index (χ1) is 12.3. The van der Waals surface area contributed by atoms with Gasteiger partial charge in [-0.3, -0.25) is 0 Å². The molecule has 1 amide bonds. The predicted octanol–water partition coefficient (Wildman–Crippen LogP) is 3.98. The number of carbonyl (C=O) groups is 2. The van der Waals surface area contributed by atoms with E-state index < -0.39 is 23.7 Å². The Kier molecular flexibility index (Phi) is 8.88. The molecule has 2 aromatic rings. The molecule has 2 rings (SSSR count). The summed E-state index contributed by atoms with van der Waals surface area (Å²) >= 11 is 0. The van der Waals surface area contributed by atoms with Crippen LogP contribution in [0.15, 0.2) is 60.7 Å². The van der Waals surface area contributed by atoms with Crippen molar-refractivity contribution in [2.75, 3.05) is 0 Å². The number of esters is 1. The molecule has 146 valence electrons. The van der Waals surface area contributed by atoms with Gasteiger partial charge in [0, 0.05) is 6.42 Å². The first kappa shape index (κ1) is 22.6. The van der Waals surface area contributed by atoms with Crippen LogP contribution in [0.5, 0.6) is 0 Å². The molecule has 27 heavy (non-hydrogen) atoms. The standard InChI is InChI=1S/C21H25NO4.H2S/c1-21(2,3)26-20(24)22-18(14-16-10-6-4-7-11-16)19(23)25-15-17-12-8-5-9-13-17;/h4-13,18H,14-15H2,1-3H3,(H,22,24);1H2/t18-;/m0./s1. The van der Waals surface area contributed by atoms with E-state index in [1.165, 1.54) is 0 Å². The summed E-state index contributed by atoms with van der Waals surface area (Å²) in [5.41, 5.74) is 1.16. The molecule has 5 nitrogen and oxygen atoms in total. The molecule has 0 fully saturated rings. The van der Waals surface area contributed by atoms with Crippen LogP contribution in [0.1, 0.15) is 31.9 Å². The predicted molar refractivity (Wildman–Crippen MR) is 110 cm³/mol. The molecule has 0 aliphatic carbocycles. The van der Waals surface area contributed by atoms with Crippen LogP contribution >= 0.6 is 13.5 Å². The van der Waals surface area contributed by atoms with Crippen LogP contribution < -0.4 is 5.32 Å². The largest absolute Gasteiger partial charge is 0.459 e. The van der Waals surface area contributed by atoms with Gasteiger partial charge in [0.15, 0.2) is 0 Å². The number of benzene rings is 2. The summed E-state index contributed by atoms with van der Waals surface area (Å²) in [4.78, 5) is 24.6. The Hall–Kier alpha value is -2.47. The Bertz CT molecular complexity index is 714. The van der Waals surface area contributed by atoms with Crippen molar-refractivity contribution in [3.05, 3.63) is 71.8 Å². The minimum Gasteiger partial charge on any atom is -0.459 e. The zero-order valence-electron chi connectivity index (χ0n) is 15.9. The van der Waals surface area contributed by atoms with Crippen LogP contribution in [0, 0.1) is 0 Å². The molecule has 0 aromatic heterocycles. The number of carbonyl (C=O) groups excluding carboxylic acids is 2. The minimum absolute atomic E-state index is 0. The van der Waals surface area contributed by atoms with E-state index in [-0.39, 0.29) is 20.1 Å². The molecule has 0 aliphatic heterocycles. The van der Waals surface area contributed by atoms with Gasteiger partial charge in [0.1, 0.15) is 18.2 Å². The van der Waals surface area contributed by atoms with Gasteiger partial charge in [-0.1, -0.05) is 60.7 Å². The summed E-state index contributed by atoms with van der Waals surface area (Å²) in [5.74, 6) is -0.497. The van der Waals surface area contributed by atoms with Gasteiger partial charge < -0.3 is 14.8 Å². The number of nitrogens with one attached hydrogen (secondary N) is 1. The zero-order chi connectivity index (χ0) is 19.0. The van der Waals surface area contributed by atoms with Crippen LogP contribution in [0.2, 0.25) is 0 Å². The lowest BCUT2D eigenvalue weighted by Gasteiger charge is -2.23. The van der Waals surface area contributed by atoms with E-state index in [0.29, 0.717) is 6.42 Å². The van der Waals surface area contributed by atoms with E-state index >= 15 is 0 Å². The monoisotopic (exact) mass is 389 g/mol. The summed E-state index contributed by atoms with van der Waals surface area (Å²) in [7, 11) is 0. The number of rotatable bonds is 6. The van der Waals surface area contributed by atoms with Crippen LogP contribution in [0.4, 0.5) is 4.79 Å². The molecule has 2 aromatic carbocycles. The molecule has 6 heteroatoms. The highest BCUT2D eigenvalue weighted by Crippen LogP contribution is 2.10. The fraction of sp³-hybridized carbons (Fsp3) is 0.333. The fourth-order valence-electron chi connectivity index (χ4n) is 2.32. The van der Waals surface area contributed by atoms with Crippen molar-refractivity contribution in [2.24, 2.45) is 0 Å². The third-order valence-electron chi connectivity index (χ3n) is 3.48. The molecule has 0 aliphatic rings. The molecule has 1 N–H and O–H groups in total. The highest BCUT2D eigenvalue weighted by molar-refractivity contribution is 7.59. The van der Waals surface area contributed by atoms with Crippen molar-refractivity contribution < 1.29 is 19.1 Å². The average Bonchev–Trinajstić information content (AvgIpc) is 2.59. The Labute approximate surface area is 167 Å². The zero-order valence-corrected chi connectivity index (χ0v) is 16.9. The number of amides is 1. The van der Waals surface area contributed by atoms with E-state index in [1.54, 1.807) is 20.8 Å². The lowest BCUT2D eigenvalue weighted by molar-refractivity contribution is -0.147. The van der Waals surface area contributed by atoms with Crippen LogP contribution in [0.3, 0.4) is 0 Å². The smallest absolute Gasteiger partial charge is 0.408 e. The van der Waals surface area contributed by atoms with Crippen molar-refractivity contribution in [3.63, 3.8) is 0 Å². The summed E-state index contributed by atoms with van der Waals surface area (Å²) < 4.78 is 10.6. The summed E-state index contributed by atoms with van der Waals surface area (Å²) in [6.07, 6.45) is -0.316. The second-order valence-electron chi connectivity index (χ2n) is 6.98. The van der Waals surface area contributed by atoms with E-state index in [2.05, 4.69) is 5.32 Å². The third kappa shape index (κ3) is 8.64. The molecule has 0 saturated carbocycles. The van der Waals surface area contributed by atoms with Crippen LogP contribution in [-0.4, -0.2) is 23.7 Å². The van der Waals surface area contributed by atoms with Gasteiger partial charge >= 0.3 is 12.1 Å². The van der Waals surface area contributed by atoms with Crippen molar-refractivity contribution >= 4 is 25.6 Å². The molecule has 0 spiro atoms. The number of alkyl carbamates (subject to hydrolysis) is 1. The van der Waals surface area contributed by atoms with E-state index in [1.807, 2.05) is 60.7 Å². The van der Waals surface area contributed by atoms with Crippen LogP contribution in [0.25, 0.3) is 0 Å². The fourth-order valence-corrected chi connectivity index (χ4v) is 2.32. The lowest BCUT2D eigenvalue weighted by atomic mass is 10.1. The number of ether oxygens (including phenoxy) is 2. The molecule has 0 radical (unpaired) electrons.